The smallest absolute Gasteiger partial charge is 0.274 e. The van der Waals surface area contributed by atoms with E-state index in [1.54, 1.807) is 7.11 Å². The van der Waals surface area contributed by atoms with Gasteiger partial charge in [-0.3, -0.25) is 4.79 Å². The fraction of sp³-hybridized carbons (Fsp3) is 0.160. The highest BCUT2D eigenvalue weighted by Crippen LogP contribution is 2.58. The number of carbonyl (C=O) groups excluding carboxylic acids is 1. The summed E-state index contributed by atoms with van der Waals surface area (Å²) < 4.78 is 22.8. The number of para-hydroxylation sites is 1. The number of rotatable bonds is 3. The molecule has 0 aliphatic carbocycles. The maximum absolute atomic E-state index is 13.3. The molecule has 0 unspecified atom stereocenters. The Balaban J connectivity index is 1.49. The van der Waals surface area contributed by atoms with Crippen LogP contribution in [0.25, 0.3) is 6.08 Å². The first-order valence-corrected chi connectivity index (χ1v) is 10.0. The van der Waals surface area contributed by atoms with Crippen LogP contribution in [0.4, 0.5) is 5.69 Å². The van der Waals surface area contributed by atoms with Crippen LogP contribution in [0.1, 0.15) is 22.6 Å². The van der Waals surface area contributed by atoms with Gasteiger partial charge in [-0.05, 0) is 29.8 Å². The number of amides is 1. The van der Waals surface area contributed by atoms with Crippen LogP contribution in [0.2, 0.25) is 0 Å². The minimum atomic E-state index is -1.18. The largest absolute Gasteiger partial charge is 0.497 e. The van der Waals surface area contributed by atoms with Crippen LogP contribution in [-0.4, -0.2) is 19.8 Å². The van der Waals surface area contributed by atoms with Crippen LogP contribution in [0.15, 0.2) is 66.7 Å². The molecule has 0 saturated carbocycles. The van der Waals surface area contributed by atoms with E-state index in [0.29, 0.717) is 17.2 Å². The number of hydrogen-bond donors (Lipinski definition) is 1. The van der Waals surface area contributed by atoms with Gasteiger partial charge in [0, 0.05) is 22.9 Å². The highest BCUT2D eigenvalue weighted by Gasteiger charge is 2.59. The quantitative estimate of drug-likeness (QED) is 0.687. The molecule has 6 nitrogen and oxygen atoms in total. The summed E-state index contributed by atoms with van der Waals surface area (Å²) in [6.07, 6.45) is 4.03. The molecule has 0 saturated heterocycles. The Morgan fingerprint density at radius 1 is 1.03 bits per heavy atom. The standard InChI is InChI=1S/C25H19NO5/c1-28-16-9-6-15(7-10-16)8-11-18-17-12-22-23(30-14-29-22)13-21(17)31-25(18)19-4-2-3-5-20(19)26-24(25)27/h2-13,18H,14H2,1H3,(H,26,27)/b11-8+/t18-,25-/m0/s1. The van der Waals surface area contributed by atoms with Gasteiger partial charge in [0.05, 0.1) is 13.0 Å². The fourth-order valence-corrected chi connectivity index (χ4v) is 4.55. The molecule has 3 aliphatic heterocycles. The lowest BCUT2D eigenvalue weighted by Crippen LogP contribution is -2.41. The van der Waals surface area contributed by atoms with E-state index in [1.165, 1.54) is 0 Å². The van der Waals surface area contributed by atoms with E-state index >= 15 is 0 Å². The number of ether oxygens (including phenoxy) is 4. The Bertz CT molecular complexity index is 1230. The third-order valence-electron chi connectivity index (χ3n) is 6.06. The van der Waals surface area contributed by atoms with E-state index in [1.807, 2.05) is 72.8 Å². The molecule has 3 aromatic rings. The first-order valence-electron chi connectivity index (χ1n) is 10.0. The summed E-state index contributed by atoms with van der Waals surface area (Å²) in [6, 6.07) is 19.1. The van der Waals surface area contributed by atoms with Gasteiger partial charge in [0.2, 0.25) is 12.4 Å². The molecular weight excluding hydrogens is 394 g/mol. The zero-order chi connectivity index (χ0) is 21.0. The average molecular weight is 413 g/mol. The summed E-state index contributed by atoms with van der Waals surface area (Å²) in [5.41, 5.74) is 2.29. The molecule has 1 amide bonds. The number of fused-ring (bicyclic) bond motifs is 4. The van der Waals surface area contributed by atoms with Crippen molar-refractivity contribution in [1.82, 2.24) is 0 Å². The molecule has 2 atom stereocenters. The molecule has 154 valence electrons. The summed E-state index contributed by atoms with van der Waals surface area (Å²) >= 11 is 0. The first-order chi connectivity index (χ1) is 15.2. The Hall–Kier alpha value is -3.93. The topological polar surface area (TPSA) is 66.0 Å². The molecule has 6 heteroatoms. The summed E-state index contributed by atoms with van der Waals surface area (Å²) in [7, 11) is 1.64. The zero-order valence-electron chi connectivity index (χ0n) is 16.8. The van der Waals surface area contributed by atoms with Crippen molar-refractivity contribution in [3.05, 3.63) is 83.4 Å². The molecule has 6 rings (SSSR count). The molecule has 3 aliphatic rings. The van der Waals surface area contributed by atoms with Crippen molar-refractivity contribution in [2.45, 2.75) is 11.5 Å². The summed E-state index contributed by atoms with van der Waals surface area (Å²) in [6.45, 7) is 0.180. The molecule has 0 fully saturated rings. The maximum Gasteiger partial charge on any atom is 0.274 e. The van der Waals surface area contributed by atoms with Crippen molar-refractivity contribution >= 4 is 17.7 Å². The van der Waals surface area contributed by atoms with Crippen molar-refractivity contribution in [2.75, 3.05) is 19.2 Å². The van der Waals surface area contributed by atoms with Crippen LogP contribution >= 0.6 is 0 Å². The van der Waals surface area contributed by atoms with Gasteiger partial charge in [0.25, 0.3) is 5.91 Å². The SMILES string of the molecule is COc1ccc(/C=C/[C@H]2c3cc4c(cc3O[C@@]23C(=O)Nc2ccccc23)OCO4)cc1. The lowest BCUT2D eigenvalue weighted by molar-refractivity contribution is -0.130. The zero-order valence-corrected chi connectivity index (χ0v) is 16.8. The molecule has 1 spiro atoms. The Morgan fingerprint density at radius 2 is 1.81 bits per heavy atom. The van der Waals surface area contributed by atoms with Gasteiger partial charge in [-0.15, -0.1) is 0 Å². The molecule has 1 N–H and O–H groups in total. The maximum atomic E-state index is 13.3. The Morgan fingerprint density at radius 3 is 2.61 bits per heavy atom. The summed E-state index contributed by atoms with van der Waals surface area (Å²) in [5.74, 6) is 2.17. The minimum absolute atomic E-state index is 0.180. The Kier molecular flexibility index (Phi) is 3.77. The van der Waals surface area contributed by atoms with Crippen molar-refractivity contribution in [3.8, 4) is 23.0 Å². The van der Waals surface area contributed by atoms with Gasteiger partial charge in [-0.1, -0.05) is 42.5 Å². The molecule has 3 heterocycles. The second-order valence-electron chi connectivity index (χ2n) is 7.69. The van der Waals surface area contributed by atoms with Crippen molar-refractivity contribution in [1.29, 1.82) is 0 Å². The number of nitrogens with one attached hydrogen (secondary N) is 1. The number of hydrogen-bond acceptors (Lipinski definition) is 5. The molecule has 0 aromatic heterocycles. The normalized spacial score (nSPS) is 22.4. The first kappa shape index (κ1) is 17.9. The lowest BCUT2D eigenvalue weighted by atomic mass is 9.79. The second kappa shape index (κ2) is 6.54. The number of methoxy groups -OCH3 is 1. The third-order valence-corrected chi connectivity index (χ3v) is 6.06. The van der Waals surface area contributed by atoms with Crippen LogP contribution in [-0.2, 0) is 10.4 Å². The van der Waals surface area contributed by atoms with E-state index in [0.717, 1.165) is 28.1 Å². The van der Waals surface area contributed by atoms with E-state index in [9.17, 15) is 4.79 Å². The molecule has 0 radical (unpaired) electrons. The van der Waals surface area contributed by atoms with Crippen molar-refractivity contribution in [3.63, 3.8) is 0 Å². The van der Waals surface area contributed by atoms with Crippen LogP contribution in [0, 0.1) is 0 Å². The van der Waals surface area contributed by atoms with E-state index in [4.69, 9.17) is 18.9 Å². The number of anilines is 1. The second-order valence-corrected chi connectivity index (χ2v) is 7.69. The Labute approximate surface area is 179 Å². The predicted octanol–water partition coefficient (Wildman–Crippen LogP) is 4.46. The number of carbonyl (C=O) groups is 1. The molecular formula is C25H19NO5. The fourth-order valence-electron chi connectivity index (χ4n) is 4.55. The molecule has 3 aromatic carbocycles. The minimum Gasteiger partial charge on any atom is -0.497 e. The summed E-state index contributed by atoms with van der Waals surface area (Å²) in [5, 5.41) is 2.99. The van der Waals surface area contributed by atoms with Crippen LogP contribution in [0.3, 0.4) is 0 Å². The monoisotopic (exact) mass is 413 g/mol. The molecule has 0 bridgehead atoms. The van der Waals surface area contributed by atoms with Crippen LogP contribution < -0.4 is 24.3 Å². The van der Waals surface area contributed by atoms with Gasteiger partial charge in [-0.2, -0.15) is 0 Å². The summed E-state index contributed by atoms with van der Waals surface area (Å²) in [4.78, 5) is 13.3. The molecule has 31 heavy (non-hydrogen) atoms. The lowest BCUT2D eigenvalue weighted by Gasteiger charge is -2.27. The van der Waals surface area contributed by atoms with Crippen LogP contribution in [0.5, 0.6) is 23.0 Å². The van der Waals surface area contributed by atoms with E-state index in [-0.39, 0.29) is 18.6 Å². The third kappa shape index (κ3) is 2.54. The highest BCUT2D eigenvalue weighted by molar-refractivity contribution is 6.07. The van der Waals surface area contributed by atoms with Gasteiger partial charge in [0.1, 0.15) is 11.5 Å². The highest BCUT2D eigenvalue weighted by atomic mass is 16.7. The van der Waals surface area contributed by atoms with Gasteiger partial charge >= 0.3 is 0 Å². The van der Waals surface area contributed by atoms with Gasteiger partial charge in [0.15, 0.2) is 11.5 Å². The van der Waals surface area contributed by atoms with Crippen molar-refractivity contribution in [2.24, 2.45) is 0 Å². The van der Waals surface area contributed by atoms with Gasteiger partial charge in [-0.25, -0.2) is 0 Å². The predicted molar refractivity (Wildman–Crippen MR) is 115 cm³/mol. The van der Waals surface area contributed by atoms with E-state index < -0.39 is 5.60 Å². The van der Waals surface area contributed by atoms with E-state index in [2.05, 4.69) is 5.32 Å². The van der Waals surface area contributed by atoms with Crippen molar-refractivity contribution < 1.29 is 23.7 Å². The number of benzene rings is 3. The average Bonchev–Trinajstić information content (AvgIpc) is 3.46. The van der Waals surface area contributed by atoms with Gasteiger partial charge < -0.3 is 24.3 Å².